The molecule has 0 radical (unpaired) electrons. The van der Waals surface area contributed by atoms with Gasteiger partial charge in [0.05, 0.1) is 0 Å². The van der Waals surface area contributed by atoms with Gasteiger partial charge in [0.15, 0.2) is 0 Å². The summed E-state index contributed by atoms with van der Waals surface area (Å²) >= 11 is -1.85. The fourth-order valence-corrected chi connectivity index (χ4v) is 4.01. The summed E-state index contributed by atoms with van der Waals surface area (Å²) in [6.45, 7) is 4.32. The van der Waals surface area contributed by atoms with Crippen molar-refractivity contribution in [3.05, 3.63) is 23.8 Å². The predicted molar refractivity (Wildman–Crippen MR) is 45.3 cm³/mol. The Morgan fingerprint density at radius 3 is 2.15 bits per heavy atom. The van der Waals surface area contributed by atoms with Crippen molar-refractivity contribution >= 4 is 0 Å². The molecule has 1 atom stereocenters. The van der Waals surface area contributed by atoms with Crippen molar-refractivity contribution < 1.29 is 37.7 Å². The summed E-state index contributed by atoms with van der Waals surface area (Å²) in [4.78, 5) is 0. The predicted octanol–water partition coefficient (Wildman–Crippen LogP) is -0.574. The Bertz CT molecular complexity index is 224. The molecule has 0 heterocycles. The van der Waals surface area contributed by atoms with E-state index in [1.54, 1.807) is 14.2 Å². The van der Waals surface area contributed by atoms with Crippen LogP contribution < -0.4 is 12.4 Å². The number of rotatable bonds is 3. The van der Waals surface area contributed by atoms with Gasteiger partial charge in [-0.3, -0.25) is 0 Å². The summed E-state index contributed by atoms with van der Waals surface area (Å²) in [5.41, 5.74) is 1.35. The molecule has 1 rings (SSSR count). The van der Waals surface area contributed by atoms with Gasteiger partial charge in [0.1, 0.15) is 0 Å². The van der Waals surface area contributed by atoms with Crippen molar-refractivity contribution in [1.82, 2.24) is 0 Å². The normalized spacial score (nSPS) is 25.4. The number of halogens is 1. The molecule has 1 unspecified atom stereocenters. The Balaban J connectivity index is 0.00000144. The van der Waals surface area contributed by atoms with Gasteiger partial charge in [-0.25, -0.2) is 0 Å². The molecule has 0 amide bonds. The topological polar surface area (TPSA) is 18.5 Å². The number of hydrogen-bond donors (Lipinski definition) is 0. The number of allylic oxidation sites excluding steroid dienone is 4. The van der Waals surface area contributed by atoms with Crippen molar-refractivity contribution in [1.29, 1.82) is 0 Å². The minimum Gasteiger partial charge on any atom is -1.00 e. The zero-order chi connectivity index (χ0) is 9.19. The van der Waals surface area contributed by atoms with Crippen LogP contribution in [0, 0.1) is 0 Å². The first kappa shape index (κ1) is 13.4. The van der Waals surface area contributed by atoms with Crippen LogP contribution in [0.2, 0.25) is 3.72 Å². The van der Waals surface area contributed by atoms with Crippen LogP contribution in [0.15, 0.2) is 23.8 Å². The van der Waals surface area contributed by atoms with E-state index < -0.39 is 18.6 Å². The molecule has 0 aromatic rings. The Morgan fingerprint density at radius 1 is 1.31 bits per heavy atom. The molecule has 1 aliphatic carbocycles. The van der Waals surface area contributed by atoms with Crippen LogP contribution in [0.1, 0.15) is 13.8 Å². The van der Waals surface area contributed by atoms with E-state index in [2.05, 4.69) is 32.1 Å². The third kappa shape index (κ3) is 2.45. The minimum absolute atomic E-state index is 0. The maximum atomic E-state index is 5.41. The maximum absolute atomic E-state index is 5.41. The van der Waals surface area contributed by atoms with E-state index in [4.69, 9.17) is 6.64 Å². The maximum Gasteiger partial charge on any atom is -1.00 e. The molecule has 0 N–H and O–H groups in total. The molecular weight excluding hydrogens is 223 g/mol. The summed E-state index contributed by atoms with van der Waals surface area (Å²) in [5.74, 6) is 0. The molecule has 74 valence electrons. The molecule has 0 saturated carbocycles. The van der Waals surface area contributed by atoms with Crippen LogP contribution >= 0.6 is 0 Å². The second-order valence-corrected chi connectivity index (χ2v) is 6.90. The van der Waals surface area contributed by atoms with Crippen LogP contribution in [-0.4, -0.2) is 14.2 Å². The second-order valence-electron chi connectivity index (χ2n) is 3.11. The van der Waals surface area contributed by atoms with E-state index in [1.165, 1.54) is 5.57 Å². The van der Waals surface area contributed by atoms with Crippen LogP contribution in [0.5, 0.6) is 0 Å². The molecule has 0 spiro atoms. The van der Waals surface area contributed by atoms with Crippen LogP contribution in [-0.2, 0) is 25.3 Å². The van der Waals surface area contributed by atoms with Gasteiger partial charge >= 0.3 is 80.9 Å². The monoisotopic (exact) mass is 238 g/mol. The van der Waals surface area contributed by atoms with Gasteiger partial charge in [0.25, 0.3) is 0 Å². The smallest absolute Gasteiger partial charge is 1.00 e. The van der Waals surface area contributed by atoms with Crippen LogP contribution in [0.4, 0.5) is 0 Å². The summed E-state index contributed by atoms with van der Waals surface area (Å²) in [6.07, 6.45) is 6.40. The third-order valence-corrected chi connectivity index (χ3v) is 5.75. The van der Waals surface area contributed by atoms with Crippen molar-refractivity contribution in [3.63, 3.8) is 0 Å². The van der Waals surface area contributed by atoms with E-state index in [0.29, 0.717) is 0 Å². The standard InChI is InChI=1S/C7H9.2CH3O.ClH.Ti/c1-6-4-3-5-7(6)2;2*1-2;;/h3-5H,1-2H3;2*1H3;1H;/q;2*-1;;+3/p-1. The summed E-state index contributed by atoms with van der Waals surface area (Å²) in [5, 5.41) is 0. The van der Waals surface area contributed by atoms with E-state index in [0.717, 1.165) is 0 Å². The molecule has 4 heteroatoms. The van der Waals surface area contributed by atoms with Gasteiger partial charge in [-0.05, 0) is 0 Å². The number of hydrogen-bond acceptors (Lipinski definition) is 2. The Morgan fingerprint density at radius 2 is 1.85 bits per heavy atom. The molecule has 0 bridgehead atoms. The van der Waals surface area contributed by atoms with Gasteiger partial charge in [0, 0.05) is 0 Å². The van der Waals surface area contributed by atoms with Gasteiger partial charge in [0.2, 0.25) is 0 Å². The Labute approximate surface area is 93.2 Å². The molecule has 1 aliphatic rings. The quantitative estimate of drug-likeness (QED) is 0.613. The van der Waals surface area contributed by atoms with Gasteiger partial charge in [-0.2, -0.15) is 0 Å². The first-order valence-corrected chi connectivity index (χ1v) is 6.02. The third-order valence-electron chi connectivity index (χ3n) is 2.39. The fraction of sp³-hybridized carbons (Fsp3) is 0.556. The summed E-state index contributed by atoms with van der Waals surface area (Å²) < 4.78 is 10.9. The zero-order valence-electron chi connectivity index (χ0n) is 8.43. The zero-order valence-corrected chi connectivity index (χ0v) is 10.7. The largest absolute Gasteiger partial charge is 1.00 e. The van der Waals surface area contributed by atoms with Gasteiger partial charge in [-0.1, -0.05) is 0 Å². The molecular formula is C9H15ClO2Ti. The molecule has 0 saturated heterocycles. The van der Waals surface area contributed by atoms with E-state index in [1.807, 2.05) is 0 Å². The molecule has 2 nitrogen and oxygen atoms in total. The van der Waals surface area contributed by atoms with Gasteiger partial charge in [-0.15, -0.1) is 0 Å². The van der Waals surface area contributed by atoms with Crippen molar-refractivity contribution in [3.8, 4) is 0 Å². The summed E-state index contributed by atoms with van der Waals surface area (Å²) in [6, 6.07) is 0. The van der Waals surface area contributed by atoms with Crippen molar-refractivity contribution in [2.24, 2.45) is 0 Å². The Kier molecular flexibility index (Phi) is 5.49. The van der Waals surface area contributed by atoms with Crippen LogP contribution in [0.25, 0.3) is 0 Å². The van der Waals surface area contributed by atoms with Gasteiger partial charge < -0.3 is 12.4 Å². The second kappa shape index (κ2) is 5.33. The molecule has 0 fully saturated rings. The fourth-order valence-electron chi connectivity index (χ4n) is 1.43. The first-order valence-electron chi connectivity index (χ1n) is 3.97. The van der Waals surface area contributed by atoms with E-state index >= 15 is 0 Å². The Hall–Kier alpha value is 0.404. The van der Waals surface area contributed by atoms with Crippen LogP contribution in [0.3, 0.4) is 0 Å². The SMILES string of the molecule is C[O][Ti+]([O]C)[C]1(C)C=CC=C1C.[Cl-]. The van der Waals surface area contributed by atoms with Crippen molar-refractivity contribution in [2.45, 2.75) is 17.6 Å². The first-order chi connectivity index (χ1) is 5.65. The molecule has 13 heavy (non-hydrogen) atoms. The minimum atomic E-state index is -1.85. The average Bonchev–Trinajstić information content (AvgIpc) is 2.36. The molecule has 0 aromatic heterocycles. The van der Waals surface area contributed by atoms with E-state index in [9.17, 15) is 0 Å². The molecule has 0 aliphatic heterocycles. The van der Waals surface area contributed by atoms with Crippen molar-refractivity contribution in [2.75, 3.05) is 14.2 Å². The average molecular weight is 239 g/mol. The molecule has 0 aromatic carbocycles. The summed E-state index contributed by atoms with van der Waals surface area (Å²) in [7, 11) is 3.48. The van der Waals surface area contributed by atoms with E-state index in [-0.39, 0.29) is 16.1 Å².